The van der Waals surface area contributed by atoms with E-state index in [1.807, 2.05) is 6.92 Å². The zero-order valence-electron chi connectivity index (χ0n) is 13.7. The van der Waals surface area contributed by atoms with Crippen molar-refractivity contribution in [3.63, 3.8) is 0 Å². The van der Waals surface area contributed by atoms with Gasteiger partial charge in [0.1, 0.15) is 17.3 Å². The minimum atomic E-state index is -0.564. The molecule has 0 spiro atoms. The van der Waals surface area contributed by atoms with E-state index in [4.69, 9.17) is 4.74 Å². The summed E-state index contributed by atoms with van der Waals surface area (Å²) in [6.07, 6.45) is 1.58. The van der Waals surface area contributed by atoms with Crippen LogP contribution in [0.2, 0.25) is 0 Å². The molecule has 0 atom stereocenters. The van der Waals surface area contributed by atoms with Gasteiger partial charge in [0.05, 0.1) is 13.2 Å². The Balaban J connectivity index is 1.77. The Labute approximate surface area is 144 Å². The number of amides is 3. The Kier molecular flexibility index (Phi) is 4.79. The van der Waals surface area contributed by atoms with E-state index in [1.165, 1.54) is 6.07 Å². The van der Waals surface area contributed by atoms with Gasteiger partial charge in [-0.3, -0.25) is 9.69 Å². The molecule has 6 heteroatoms. The molecule has 0 unspecified atom stereocenters. The second-order valence-corrected chi connectivity index (χ2v) is 5.47. The summed E-state index contributed by atoms with van der Waals surface area (Å²) in [7, 11) is 0. The molecule has 5 nitrogen and oxygen atoms in total. The summed E-state index contributed by atoms with van der Waals surface area (Å²) < 4.78 is 19.1. The highest BCUT2D eigenvalue weighted by Gasteiger charge is 2.33. The Morgan fingerprint density at radius 2 is 1.84 bits per heavy atom. The molecule has 0 saturated carbocycles. The van der Waals surface area contributed by atoms with Gasteiger partial charge in [-0.05, 0) is 36.8 Å². The lowest BCUT2D eigenvalue weighted by Gasteiger charge is -2.12. The van der Waals surface area contributed by atoms with Crippen LogP contribution in [0, 0.1) is 5.82 Å². The third kappa shape index (κ3) is 3.68. The Morgan fingerprint density at radius 3 is 2.52 bits per heavy atom. The second kappa shape index (κ2) is 7.17. The Bertz CT molecular complexity index is 831. The molecule has 0 aromatic heterocycles. The quantitative estimate of drug-likeness (QED) is 0.671. The molecule has 2 aromatic carbocycles. The molecule has 3 rings (SSSR count). The normalized spacial score (nSPS) is 15.6. The summed E-state index contributed by atoms with van der Waals surface area (Å²) in [6.45, 7) is 2.35. The number of nitrogens with zero attached hydrogens (tertiary/aromatic N) is 1. The molecule has 25 heavy (non-hydrogen) atoms. The van der Waals surface area contributed by atoms with Crippen molar-refractivity contribution in [1.82, 2.24) is 10.2 Å². The summed E-state index contributed by atoms with van der Waals surface area (Å²) in [5.74, 6) is -0.207. The van der Waals surface area contributed by atoms with Crippen LogP contribution in [0.3, 0.4) is 0 Å². The van der Waals surface area contributed by atoms with Crippen LogP contribution in [0.25, 0.3) is 6.08 Å². The van der Waals surface area contributed by atoms with Crippen LogP contribution in [-0.4, -0.2) is 23.4 Å². The molecule has 1 N–H and O–H groups in total. The second-order valence-electron chi connectivity index (χ2n) is 5.47. The van der Waals surface area contributed by atoms with E-state index in [0.29, 0.717) is 6.61 Å². The maximum absolute atomic E-state index is 13.7. The molecule has 0 radical (unpaired) electrons. The lowest BCUT2D eigenvalue weighted by molar-refractivity contribution is -0.123. The van der Waals surface area contributed by atoms with Gasteiger partial charge in [-0.25, -0.2) is 9.18 Å². The maximum atomic E-state index is 13.7. The average Bonchev–Trinajstić information content (AvgIpc) is 2.86. The van der Waals surface area contributed by atoms with Crippen LogP contribution in [0.4, 0.5) is 9.18 Å². The van der Waals surface area contributed by atoms with Crippen LogP contribution in [0.5, 0.6) is 5.75 Å². The lowest BCUT2D eigenvalue weighted by Crippen LogP contribution is -2.30. The van der Waals surface area contributed by atoms with E-state index in [-0.39, 0.29) is 17.8 Å². The number of rotatable bonds is 5. The van der Waals surface area contributed by atoms with Crippen LogP contribution in [0.1, 0.15) is 18.1 Å². The van der Waals surface area contributed by atoms with Crippen molar-refractivity contribution in [2.75, 3.05) is 6.61 Å². The number of ether oxygens (including phenoxy) is 1. The van der Waals surface area contributed by atoms with Gasteiger partial charge in [0.2, 0.25) is 0 Å². The van der Waals surface area contributed by atoms with E-state index in [2.05, 4.69) is 5.32 Å². The first-order valence-corrected chi connectivity index (χ1v) is 7.89. The van der Waals surface area contributed by atoms with Gasteiger partial charge in [-0.1, -0.05) is 30.3 Å². The maximum Gasteiger partial charge on any atom is 0.329 e. The minimum absolute atomic E-state index is 0.113. The number of hydrogen-bond acceptors (Lipinski definition) is 3. The molecular weight excluding hydrogens is 323 g/mol. The number of imide groups is 1. The predicted molar refractivity (Wildman–Crippen MR) is 91.1 cm³/mol. The molecule has 1 aliphatic rings. The summed E-state index contributed by atoms with van der Waals surface area (Å²) >= 11 is 0. The molecule has 0 bridgehead atoms. The summed E-state index contributed by atoms with van der Waals surface area (Å²) in [6, 6.07) is 12.6. The van der Waals surface area contributed by atoms with Crippen molar-refractivity contribution >= 4 is 18.0 Å². The molecule has 3 amide bonds. The first-order valence-electron chi connectivity index (χ1n) is 7.89. The number of nitrogens with one attached hydrogen (secondary N) is 1. The van der Waals surface area contributed by atoms with Crippen molar-refractivity contribution in [3.05, 3.63) is 71.2 Å². The molecule has 1 heterocycles. The Morgan fingerprint density at radius 1 is 1.12 bits per heavy atom. The van der Waals surface area contributed by atoms with Gasteiger partial charge in [0.15, 0.2) is 0 Å². The van der Waals surface area contributed by atoms with Crippen LogP contribution < -0.4 is 10.1 Å². The highest BCUT2D eigenvalue weighted by Crippen LogP contribution is 2.19. The predicted octanol–water partition coefficient (Wildman–Crippen LogP) is 3.32. The molecule has 1 fully saturated rings. The molecule has 1 aliphatic heterocycles. The third-order valence-electron chi connectivity index (χ3n) is 3.75. The number of halogens is 1. The fourth-order valence-corrected chi connectivity index (χ4v) is 2.51. The number of hydrogen-bond donors (Lipinski definition) is 1. The first kappa shape index (κ1) is 16.7. The number of carbonyl (C=O) groups is 2. The minimum Gasteiger partial charge on any atom is -0.494 e. The zero-order chi connectivity index (χ0) is 17.8. The van der Waals surface area contributed by atoms with Gasteiger partial charge < -0.3 is 10.1 Å². The molecule has 1 saturated heterocycles. The SMILES string of the molecule is CCOc1ccc(/C=C2/NC(=O)N(Cc3ccccc3F)C2=O)cc1. The number of carbonyl (C=O) groups excluding carboxylic acids is 2. The van der Waals surface area contributed by atoms with Crippen molar-refractivity contribution in [2.24, 2.45) is 0 Å². The topological polar surface area (TPSA) is 58.6 Å². The van der Waals surface area contributed by atoms with Gasteiger partial charge >= 0.3 is 6.03 Å². The van der Waals surface area contributed by atoms with Crippen molar-refractivity contribution in [1.29, 1.82) is 0 Å². The van der Waals surface area contributed by atoms with Crippen LogP contribution in [-0.2, 0) is 11.3 Å². The number of benzene rings is 2. The fourth-order valence-electron chi connectivity index (χ4n) is 2.51. The van der Waals surface area contributed by atoms with Crippen molar-refractivity contribution < 1.29 is 18.7 Å². The van der Waals surface area contributed by atoms with E-state index in [9.17, 15) is 14.0 Å². The van der Waals surface area contributed by atoms with Crippen molar-refractivity contribution in [2.45, 2.75) is 13.5 Å². The molecule has 0 aliphatic carbocycles. The van der Waals surface area contributed by atoms with Crippen LogP contribution >= 0.6 is 0 Å². The average molecular weight is 340 g/mol. The molecular formula is C19H17FN2O3. The lowest BCUT2D eigenvalue weighted by atomic mass is 10.1. The molecule has 2 aromatic rings. The monoisotopic (exact) mass is 340 g/mol. The highest BCUT2D eigenvalue weighted by molar-refractivity contribution is 6.13. The summed E-state index contributed by atoms with van der Waals surface area (Å²) in [5, 5.41) is 2.53. The van der Waals surface area contributed by atoms with Gasteiger partial charge in [0, 0.05) is 5.56 Å². The summed E-state index contributed by atoms with van der Waals surface area (Å²) in [4.78, 5) is 25.5. The largest absolute Gasteiger partial charge is 0.494 e. The van der Waals surface area contributed by atoms with E-state index in [1.54, 1.807) is 48.5 Å². The van der Waals surface area contributed by atoms with Gasteiger partial charge in [0.25, 0.3) is 5.91 Å². The standard InChI is InChI=1S/C19H17FN2O3/c1-2-25-15-9-7-13(8-10-15)11-17-18(23)22(19(24)21-17)12-14-5-3-4-6-16(14)20/h3-11H,2,12H2,1H3,(H,21,24)/b17-11+. The Hall–Kier alpha value is -3.15. The van der Waals surface area contributed by atoms with E-state index >= 15 is 0 Å². The third-order valence-corrected chi connectivity index (χ3v) is 3.75. The smallest absolute Gasteiger partial charge is 0.329 e. The first-order chi connectivity index (χ1) is 12.1. The van der Waals surface area contributed by atoms with Gasteiger partial charge in [-0.2, -0.15) is 0 Å². The molecule has 128 valence electrons. The van der Waals surface area contributed by atoms with E-state index in [0.717, 1.165) is 16.2 Å². The summed E-state index contributed by atoms with van der Waals surface area (Å²) in [5.41, 5.74) is 1.19. The highest BCUT2D eigenvalue weighted by atomic mass is 19.1. The zero-order valence-corrected chi connectivity index (χ0v) is 13.7. The van der Waals surface area contributed by atoms with E-state index < -0.39 is 17.8 Å². The number of urea groups is 1. The fraction of sp³-hybridized carbons (Fsp3) is 0.158. The van der Waals surface area contributed by atoms with Crippen molar-refractivity contribution in [3.8, 4) is 5.75 Å². The van der Waals surface area contributed by atoms with Crippen LogP contribution in [0.15, 0.2) is 54.2 Å². The van der Waals surface area contributed by atoms with Gasteiger partial charge in [-0.15, -0.1) is 0 Å².